The molecule has 0 unspecified atom stereocenters. The first-order chi connectivity index (χ1) is 11.1. The van der Waals surface area contributed by atoms with E-state index >= 15 is 0 Å². The second kappa shape index (κ2) is 4.67. The van der Waals surface area contributed by atoms with Gasteiger partial charge >= 0.3 is 5.97 Å². The van der Waals surface area contributed by atoms with E-state index in [1.807, 2.05) is 49.1 Å². The van der Waals surface area contributed by atoms with Gasteiger partial charge in [-0.05, 0) is 12.1 Å². The largest absolute Gasteiger partial charge is 0.477 e. The molecule has 0 spiro atoms. The lowest BCUT2D eigenvalue weighted by molar-refractivity contribution is 0.0691. The summed E-state index contributed by atoms with van der Waals surface area (Å²) >= 11 is 0. The molecule has 0 aliphatic heterocycles. The summed E-state index contributed by atoms with van der Waals surface area (Å²) in [6.45, 7) is 0. The van der Waals surface area contributed by atoms with Gasteiger partial charge in [-0.25, -0.2) is 9.78 Å². The van der Waals surface area contributed by atoms with Crippen molar-refractivity contribution >= 4 is 27.8 Å². The monoisotopic (exact) mass is 306 g/mol. The van der Waals surface area contributed by atoms with E-state index in [-0.39, 0.29) is 5.69 Å². The van der Waals surface area contributed by atoms with Gasteiger partial charge < -0.3 is 9.67 Å². The molecule has 0 fully saturated rings. The van der Waals surface area contributed by atoms with Crippen molar-refractivity contribution in [3.05, 3.63) is 48.4 Å². The maximum atomic E-state index is 11.5. The summed E-state index contributed by atoms with van der Waals surface area (Å²) < 4.78 is 3.73. The fourth-order valence-electron chi connectivity index (χ4n) is 3.05. The molecule has 1 aromatic carbocycles. The summed E-state index contributed by atoms with van der Waals surface area (Å²) in [7, 11) is 3.79. The molecule has 114 valence electrons. The van der Waals surface area contributed by atoms with Gasteiger partial charge in [-0.1, -0.05) is 18.2 Å². The second-order valence-electron chi connectivity index (χ2n) is 5.54. The number of aromatic carboxylic acids is 1. The number of para-hydroxylation sites is 1. The number of rotatable bonds is 2. The summed E-state index contributed by atoms with van der Waals surface area (Å²) in [6.07, 6.45) is 3.54. The Morgan fingerprint density at radius 3 is 2.65 bits per heavy atom. The molecule has 0 amide bonds. The SMILES string of the molecule is Cn1cc(-c2nc(C(=O)O)cc3c4ccccc4n(C)c23)cn1. The summed E-state index contributed by atoms with van der Waals surface area (Å²) in [6, 6.07) is 9.57. The molecule has 3 heterocycles. The number of carbonyl (C=O) groups is 1. The van der Waals surface area contributed by atoms with Crippen molar-refractivity contribution < 1.29 is 9.90 Å². The fraction of sp³-hybridized carbons (Fsp3) is 0.118. The molecule has 6 heteroatoms. The van der Waals surface area contributed by atoms with Gasteiger partial charge in [0.25, 0.3) is 0 Å². The highest BCUT2D eigenvalue weighted by Crippen LogP contribution is 2.34. The smallest absolute Gasteiger partial charge is 0.354 e. The Balaban J connectivity index is 2.21. The predicted molar refractivity (Wildman–Crippen MR) is 87.4 cm³/mol. The quantitative estimate of drug-likeness (QED) is 0.618. The first-order valence-electron chi connectivity index (χ1n) is 7.17. The van der Waals surface area contributed by atoms with Crippen molar-refractivity contribution in [1.29, 1.82) is 0 Å². The van der Waals surface area contributed by atoms with Gasteiger partial charge in [0.2, 0.25) is 0 Å². The zero-order chi connectivity index (χ0) is 16.1. The third-order valence-electron chi connectivity index (χ3n) is 4.08. The van der Waals surface area contributed by atoms with Gasteiger partial charge in [0, 0.05) is 42.1 Å². The average Bonchev–Trinajstić information content (AvgIpc) is 3.10. The van der Waals surface area contributed by atoms with E-state index in [1.165, 1.54) is 0 Å². The lowest BCUT2D eigenvalue weighted by atomic mass is 10.1. The van der Waals surface area contributed by atoms with Crippen molar-refractivity contribution in [1.82, 2.24) is 19.3 Å². The Hall–Kier alpha value is -3.15. The van der Waals surface area contributed by atoms with Crippen LogP contribution >= 0.6 is 0 Å². The first-order valence-corrected chi connectivity index (χ1v) is 7.17. The first kappa shape index (κ1) is 13.5. The van der Waals surface area contributed by atoms with Crippen LogP contribution in [0.25, 0.3) is 33.1 Å². The molecule has 4 rings (SSSR count). The van der Waals surface area contributed by atoms with Crippen molar-refractivity contribution in [3.8, 4) is 11.3 Å². The molecule has 0 aliphatic carbocycles. The highest BCUT2D eigenvalue weighted by molar-refractivity contribution is 6.13. The molecule has 0 aliphatic rings. The number of hydrogen-bond acceptors (Lipinski definition) is 3. The van der Waals surface area contributed by atoms with Gasteiger partial charge in [0.05, 0.1) is 17.4 Å². The van der Waals surface area contributed by atoms with Gasteiger partial charge in [-0.15, -0.1) is 0 Å². The number of carboxylic acids is 1. The van der Waals surface area contributed by atoms with Crippen LogP contribution < -0.4 is 0 Å². The Morgan fingerprint density at radius 1 is 1.17 bits per heavy atom. The van der Waals surface area contributed by atoms with E-state index in [9.17, 15) is 9.90 Å². The Bertz CT molecular complexity index is 1080. The third-order valence-corrected chi connectivity index (χ3v) is 4.08. The number of aromatic nitrogens is 4. The van der Waals surface area contributed by atoms with Crippen LogP contribution in [0.4, 0.5) is 0 Å². The molecule has 1 N–H and O–H groups in total. The summed E-state index contributed by atoms with van der Waals surface area (Å²) in [5.74, 6) is -1.04. The fourth-order valence-corrected chi connectivity index (χ4v) is 3.05. The maximum absolute atomic E-state index is 11.5. The van der Waals surface area contributed by atoms with E-state index in [0.29, 0.717) is 5.69 Å². The molecule has 23 heavy (non-hydrogen) atoms. The summed E-state index contributed by atoms with van der Waals surface area (Å²) in [5.41, 5.74) is 3.41. The molecule has 6 nitrogen and oxygen atoms in total. The third kappa shape index (κ3) is 1.92. The normalized spacial score (nSPS) is 11.4. The van der Waals surface area contributed by atoms with E-state index in [2.05, 4.69) is 10.1 Å². The number of carboxylic acid groups (broad SMARTS) is 1. The topological polar surface area (TPSA) is 72.9 Å². The van der Waals surface area contributed by atoms with Gasteiger partial charge in [0.1, 0.15) is 5.69 Å². The molecule has 0 saturated carbocycles. The van der Waals surface area contributed by atoms with Crippen LogP contribution in [0.2, 0.25) is 0 Å². The van der Waals surface area contributed by atoms with Gasteiger partial charge in [-0.3, -0.25) is 4.68 Å². The Labute approximate surface area is 131 Å². The summed E-state index contributed by atoms with van der Waals surface area (Å²) in [5, 5.41) is 15.5. The van der Waals surface area contributed by atoms with E-state index in [0.717, 1.165) is 27.4 Å². The van der Waals surface area contributed by atoms with Crippen LogP contribution in [0.5, 0.6) is 0 Å². The maximum Gasteiger partial charge on any atom is 0.354 e. The molecule has 0 saturated heterocycles. The standard InChI is InChI=1S/C17H14N4O2/c1-20-9-10(8-18-20)15-16-12(7-13(19-15)17(22)23)11-5-3-4-6-14(11)21(16)2/h3-9H,1-2H3,(H,22,23). The van der Waals surface area contributed by atoms with Crippen LogP contribution in [0.1, 0.15) is 10.5 Å². The van der Waals surface area contributed by atoms with E-state index in [4.69, 9.17) is 0 Å². The van der Waals surface area contributed by atoms with Gasteiger partial charge in [0.15, 0.2) is 0 Å². The van der Waals surface area contributed by atoms with Crippen molar-refractivity contribution in [2.45, 2.75) is 0 Å². The van der Waals surface area contributed by atoms with Crippen LogP contribution in [0, 0.1) is 0 Å². The van der Waals surface area contributed by atoms with Crippen molar-refractivity contribution in [2.75, 3.05) is 0 Å². The Morgan fingerprint density at radius 2 is 1.96 bits per heavy atom. The van der Waals surface area contributed by atoms with Gasteiger partial charge in [-0.2, -0.15) is 5.10 Å². The number of hydrogen-bond donors (Lipinski definition) is 1. The highest BCUT2D eigenvalue weighted by atomic mass is 16.4. The predicted octanol–water partition coefficient (Wildman–Crippen LogP) is 2.83. The van der Waals surface area contributed by atoms with Crippen molar-refractivity contribution in [3.63, 3.8) is 0 Å². The number of nitrogens with zero attached hydrogens (tertiary/aromatic N) is 4. The number of fused-ring (bicyclic) bond motifs is 3. The average molecular weight is 306 g/mol. The molecular formula is C17H14N4O2. The molecule has 0 radical (unpaired) electrons. The number of benzene rings is 1. The van der Waals surface area contributed by atoms with Crippen LogP contribution in [-0.4, -0.2) is 30.4 Å². The highest BCUT2D eigenvalue weighted by Gasteiger charge is 2.19. The lowest BCUT2D eigenvalue weighted by Crippen LogP contribution is -2.02. The van der Waals surface area contributed by atoms with Crippen LogP contribution in [0.15, 0.2) is 42.7 Å². The molecule has 0 bridgehead atoms. The van der Waals surface area contributed by atoms with Crippen molar-refractivity contribution in [2.24, 2.45) is 14.1 Å². The zero-order valence-corrected chi connectivity index (χ0v) is 12.7. The zero-order valence-electron chi connectivity index (χ0n) is 12.7. The van der Waals surface area contributed by atoms with E-state index in [1.54, 1.807) is 16.9 Å². The molecule has 3 aromatic heterocycles. The Kier molecular flexibility index (Phi) is 2.74. The lowest BCUT2D eigenvalue weighted by Gasteiger charge is -2.05. The minimum atomic E-state index is -1.04. The number of aryl methyl sites for hydroxylation is 2. The number of pyridine rings is 1. The molecular weight excluding hydrogens is 292 g/mol. The summed E-state index contributed by atoms with van der Waals surface area (Å²) in [4.78, 5) is 15.9. The minimum Gasteiger partial charge on any atom is -0.477 e. The molecule has 4 aromatic rings. The van der Waals surface area contributed by atoms with Crippen LogP contribution in [-0.2, 0) is 14.1 Å². The van der Waals surface area contributed by atoms with E-state index < -0.39 is 5.97 Å². The second-order valence-corrected chi connectivity index (χ2v) is 5.54. The molecule has 0 atom stereocenters. The minimum absolute atomic E-state index is 0.0349. The van der Waals surface area contributed by atoms with Crippen LogP contribution in [0.3, 0.4) is 0 Å².